The highest BCUT2D eigenvalue weighted by Crippen LogP contribution is 2.54. The molecule has 0 saturated heterocycles. The Kier molecular flexibility index (Phi) is 5.67. The van der Waals surface area contributed by atoms with Crippen LogP contribution in [0.3, 0.4) is 0 Å². The quantitative estimate of drug-likeness (QED) is 0.149. The smallest absolute Gasteiger partial charge is 0.191 e. The summed E-state index contributed by atoms with van der Waals surface area (Å²) >= 11 is 0. The van der Waals surface area contributed by atoms with Crippen LogP contribution < -0.4 is 20.5 Å². The van der Waals surface area contributed by atoms with Gasteiger partial charge in [0, 0.05) is 17.0 Å². The van der Waals surface area contributed by atoms with Gasteiger partial charge in [-0.2, -0.15) is 4.57 Å². The molecule has 0 aliphatic carbocycles. The van der Waals surface area contributed by atoms with Gasteiger partial charge in [-0.1, -0.05) is 78.9 Å². The average molecular weight is 484 g/mol. The number of aryl methyl sites for hydroxylation is 2. The lowest BCUT2D eigenvalue weighted by Crippen LogP contribution is -2.40. The molecule has 6 rings (SSSR count). The van der Waals surface area contributed by atoms with Crippen LogP contribution in [0.15, 0.2) is 127 Å². The van der Waals surface area contributed by atoms with Gasteiger partial charge in [0.15, 0.2) is 5.30 Å². The third kappa shape index (κ3) is 3.55. The summed E-state index contributed by atoms with van der Waals surface area (Å²) in [5, 5.41) is 8.16. The van der Waals surface area contributed by atoms with Gasteiger partial charge in [0.2, 0.25) is 5.69 Å². The van der Waals surface area contributed by atoms with Crippen molar-refractivity contribution in [3.05, 3.63) is 133 Å². The molecule has 0 N–H and O–H groups in total. The van der Waals surface area contributed by atoms with Crippen molar-refractivity contribution in [2.45, 2.75) is 6.92 Å². The molecule has 0 aliphatic heterocycles. The summed E-state index contributed by atoms with van der Waals surface area (Å²) in [6.07, 6.45) is 0. The monoisotopic (exact) mass is 483 g/mol. The highest BCUT2D eigenvalue weighted by molar-refractivity contribution is 7.95. The second-order valence-corrected chi connectivity index (χ2v) is 13.1. The average Bonchev–Trinajstić information content (AvgIpc) is 2.93. The molecule has 0 saturated carbocycles. The van der Waals surface area contributed by atoms with Crippen molar-refractivity contribution in [3.63, 3.8) is 0 Å². The van der Waals surface area contributed by atoms with Gasteiger partial charge in [0.05, 0.1) is 12.1 Å². The van der Waals surface area contributed by atoms with E-state index in [0.29, 0.717) is 0 Å². The van der Waals surface area contributed by atoms with Crippen molar-refractivity contribution in [3.8, 4) is 11.3 Å². The second kappa shape index (κ2) is 9.01. The molecule has 0 radical (unpaired) electrons. The van der Waals surface area contributed by atoms with Gasteiger partial charge in [-0.15, -0.1) is 0 Å². The van der Waals surface area contributed by atoms with E-state index in [9.17, 15) is 0 Å². The Morgan fingerprint density at radius 2 is 1.17 bits per heavy atom. The van der Waals surface area contributed by atoms with Gasteiger partial charge in [0.1, 0.15) is 24.9 Å². The van der Waals surface area contributed by atoms with Crippen molar-refractivity contribution in [2.24, 2.45) is 7.05 Å². The third-order valence-electron chi connectivity index (χ3n) is 7.56. The molecule has 0 fully saturated rings. The topological polar surface area (TPSA) is 3.88 Å². The Morgan fingerprint density at radius 1 is 0.583 bits per heavy atom. The summed E-state index contributed by atoms with van der Waals surface area (Å²) in [6.45, 7) is 4.70. The van der Waals surface area contributed by atoms with E-state index in [0.717, 1.165) is 0 Å². The van der Waals surface area contributed by atoms with Gasteiger partial charge in [-0.05, 0) is 60.3 Å². The number of nitrogens with zero attached hydrogens (tertiary/aromatic N) is 1. The fourth-order valence-corrected chi connectivity index (χ4v) is 9.40. The first-order chi connectivity index (χ1) is 17.6. The van der Waals surface area contributed by atoms with E-state index in [1.165, 1.54) is 54.4 Å². The number of rotatable bonds is 4. The molecule has 0 amide bonds. The molecule has 0 bridgehead atoms. The van der Waals surface area contributed by atoms with Crippen LogP contribution in [0.5, 0.6) is 0 Å². The summed E-state index contributed by atoms with van der Waals surface area (Å²) in [4.78, 5) is 0. The maximum absolute atomic E-state index is 2.50. The summed E-state index contributed by atoms with van der Waals surface area (Å²) in [5.74, 6) is 0. The van der Waals surface area contributed by atoms with Gasteiger partial charge in [-0.25, -0.2) is 0 Å². The fourth-order valence-electron chi connectivity index (χ4n) is 5.66. The minimum atomic E-state index is -1.99. The fraction of sp³-hybridized carbons (Fsp3) is 0.0882. The number of hydrogen-bond acceptors (Lipinski definition) is 0. The molecular weight excluding hydrogens is 453 g/mol. The van der Waals surface area contributed by atoms with E-state index in [1.54, 1.807) is 0 Å². The molecule has 1 nitrogen and oxygen atoms in total. The zero-order chi connectivity index (χ0) is 24.7. The molecule has 0 aliphatic rings. The molecular formula is C34H30NP+2. The van der Waals surface area contributed by atoms with E-state index in [4.69, 9.17) is 0 Å². The van der Waals surface area contributed by atoms with Crippen LogP contribution in [0.1, 0.15) is 5.56 Å². The lowest BCUT2D eigenvalue weighted by Gasteiger charge is -2.25. The van der Waals surface area contributed by atoms with E-state index in [2.05, 4.69) is 153 Å². The van der Waals surface area contributed by atoms with Crippen LogP contribution in [0.25, 0.3) is 32.9 Å². The summed E-state index contributed by atoms with van der Waals surface area (Å²) in [5.41, 5.74) is 5.13. The first kappa shape index (κ1) is 22.7. The van der Waals surface area contributed by atoms with Crippen molar-refractivity contribution in [1.29, 1.82) is 0 Å². The zero-order valence-electron chi connectivity index (χ0n) is 21.0. The minimum absolute atomic E-state index is 1.24. The lowest BCUT2D eigenvalue weighted by molar-refractivity contribution is -0.633. The highest BCUT2D eigenvalue weighted by atomic mass is 31.2. The first-order valence-corrected chi connectivity index (χ1v) is 14.7. The summed E-state index contributed by atoms with van der Waals surface area (Å²) < 4.78 is 2.43. The van der Waals surface area contributed by atoms with Crippen LogP contribution in [0, 0.1) is 6.92 Å². The van der Waals surface area contributed by atoms with E-state index in [-0.39, 0.29) is 0 Å². The maximum Gasteiger partial charge on any atom is 0.256 e. The van der Waals surface area contributed by atoms with Crippen molar-refractivity contribution in [1.82, 2.24) is 0 Å². The van der Waals surface area contributed by atoms with Gasteiger partial charge >= 0.3 is 0 Å². The Hall–Kier alpha value is -3.80. The maximum atomic E-state index is 2.50. The van der Waals surface area contributed by atoms with Crippen LogP contribution in [0.2, 0.25) is 0 Å². The molecule has 174 valence electrons. The van der Waals surface area contributed by atoms with E-state index in [1.807, 2.05) is 0 Å². The lowest BCUT2D eigenvalue weighted by atomic mass is 10.0. The largest absolute Gasteiger partial charge is 0.256 e. The highest BCUT2D eigenvalue weighted by Gasteiger charge is 2.46. The molecule has 2 heteroatoms. The van der Waals surface area contributed by atoms with E-state index < -0.39 is 7.26 Å². The van der Waals surface area contributed by atoms with Crippen LogP contribution in [-0.2, 0) is 7.05 Å². The molecule has 0 unspecified atom stereocenters. The standard InChI is InChI=1S/C34H30NP/c1-25-14-10-12-20-30(25)32-23-22-27-24-26-15-11-13-21-31(26)34(33(27)35(32)2)36(3,28-16-6-4-7-17-28)29-18-8-5-9-19-29/h4-24H,1-3H3/q+2. The first-order valence-electron chi connectivity index (χ1n) is 12.5. The number of benzene rings is 5. The Bertz CT molecular complexity index is 1670. The summed E-state index contributed by atoms with van der Waals surface area (Å²) in [7, 11) is 0.250. The normalized spacial score (nSPS) is 11.8. The molecule has 5 aromatic carbocycles. The summed E-state index contributed by atoms with van der Waals surface area (Å²) in [6, 6.07) is 46.8. The third-order valence-corrected chi connectivity index (χ3v) is 11.6. The molecule has 6 aromatic rings. The van der Waals surface area contributed by atoms with Crippen LogP contribution in [0.4, 0.5) is 0 Å². The molecule has 1 heterocycles. The van der Waals surface area contributed by atoms with Crippen LogP contribution in [-0.4, -0.2) is 6.66 Å². The number of pyridine rings is 1. The number of aromatic nitrogens is 1. The Morgan fingerprint density at radius 3 is 1.83 bits per heavy atom. The zero-order valence-corrected chi connectivity index (χ0v) is 21.9. The van der Waals surface area contributed by atoms with E-state index >= 15 is 0 Å². The van der Waals surface area contributed by atoms with Gasteiger partial charge in [-0.3, -0.25) is 0 Å². The Balaban J connectivity index is 1.82. The van der Waals surface area contributed by atoms with Gasteiger partial charge < -0.3 is 0 Å². The second-order valence-electron chi connectivity index (χ2n) is 9.65. The predicted molar refractivity (Wildman–Crippen MR) is 157 cm³/mol. The predicted octanol–water partition coefficient (Wildman–Crippen LogP) is 6.72. The van der Waals surface area contributed by atoms with Crippen molar-refractivity contribution < 1.29 is 4.57 Å². The molecule has 0 atom stereocenters. The SMILES string of the molecule is Cc1ccccc1-c1ccc2cc3ccccc3c([P+](C)(c3ccccc3)c3ccccc3)c2[n+]1C. The van der Waals surface area contributed by atoms with Crippen molar-refractivity contribution >= 4 is 44.9 Å². The molecule has 0 spiro atoms. The molecule has 1 aromatic heterocycles. The Labute approximate surface area is 214 Å². The number of hydrogen-bond donors (Lipinski definition) is 0. The minimum Gasteiger partial charge on any atom is -0.191 e. The van der Waals surface area contributed by atoms with Crippen molar-refractivity contribution in [2.75, 3.05) is 6.66 Å². The van der Waals surface area contributed by atoms with Gasteiger partial charge in [0.25, 0.3) is 5.52 Å². The number of fused-ring (bicyclic) bond motifs is 2. The molecule has 36 heavy (non-hydrogen) atoms. The van der Waals surface area contributed by atoms with Crippen LogP contribution >= 0.6 is 7.26 Å².